The van der Waals surface area contributed by atoms with Gasteiger partial charge < -0.3 is 14.9 Å². The van der Waals surface area contributed by atoms with Crippen molar-refractivity contribution >= 4 is 29.4 Å². The first-order valence-electron chi connectivity index (χ1n) is 6.21. The summed E-state index contributed by atoms with van der Waals surface area (Å²) in [5, 5.41) is 21.4. The number of hydrogen-bond acceptors (Lipinski definition) is 4. The predicted molar refractivity (Wildman–Crippen MR) is 80.3 cm³/mol. The van der Waals surface area contributed by atoms with Crippen LogP contribution in [0.3, 0.4) is 0 Å². The van der Waals surface area contributed by atoms with Crippen LogP contribution >= 0.6 is 11.6 Å². The highest BCUT2D eigenvalue weighted by molar-refractivity contribution is 6.30. The highest BCUT2D eigenvalue weighted by Gasteiger charge is 2.17. The summed E-state index contributed by atoms with van der Waals surface area (Å²) in [6.07, 6.45) is -0.831. The molecule has 0 aliphatic heterocycles. The molecule has 114 valence electrons. The van der Waals surface area contributed by atoms with Crippen molar-refractivity contribution in [1.29, 1.82) is 0 Å². The third-order valence-electron chi connectivity index (χ3n) is 2.78. The second-order valence-corrected chi connectivity index (χ2v) is 4.77. The second-order valence-electron chi connectivity index (χ2n) is 4.33. The average Bonchev–Trinajstić information content (AvgIpc) is 2.46. The molecular weight excluding hydrogens is 310 g/mol. The first kappa shape index (κ1) is 15.7. The Morgan fingerprint density at radius 3 is 2.45 bits per heavy atom. The molecule has 0 saturated carbocycles. The van der Waals surface area contributed by atoms with Crippen molar-refractivity contribution in [2.24, 2.45) is 0 Å². The number of carbonyl (C=O) groups is 2. The van der Waals surface area contributed by atoms with Crippen molar-refractivity contribution in [3.63, 3.8) is 0 Å². The Bertz CT molecular complexity index is 700. The minimum Gasteiger partial charge on any atom is -0.507 e. The van der Waals surface area contributed by atoms with Gasteiger partial charge in [0.1, 0.15) is 17.9 Å². The molecule has 22 heavy (non-hydrogen) atoms. The van der Waals surface area contributed by atoms with E-state index in [0.717, 1.165) is 5.56 Å². The van der Waals surface area contributed by atoms with E-state index >= 15 is 0 Å². The number of aromatic carboxylic acids is 1. The Morgan fingerprint density at radius 2 is 1.82 bits per heavy atom. The minimum absolute atomic E-state index is 0.00419. The Kier molecular flexibility index (Phi) is 4.85. The summed E-state index contributed by atoms with van der Waals surface area (Å²) in [5.41, 5.74) is 0.286. The molecule has 0 heterocycles. The van der Waals surface area contributed by atoms with E-state index in [1.54, 1.807) is 24.3 Å². The van der Waals surface area contributed by atoms with Gasteiger partial charge >= 0.3 is 12.1 Å². The van der Waals surface area contributed by atoms with E-state index in [4.69, 9.17) is 21.4 Å². The number of anilines is 1. The zero-order valence-electron chi connectivity index (χ0n) is 11.2. The Morgan fingerprint density at radius 1 is 1.14 bits per heavy atom. The molecule has 3 N–H and O–H groups in total. The van der Waals surface area contributed by atoms with Gasteiger partial charge in [-0.2, -0.15) is 0 Å². The van der Waals surface area contributed by atoms with Crippen LogP contribution in [0.2, 0.25) is 5.02 Å². The van der Waals surface area contributed by atoms with Crippen molar-refractivity contribution in [1.82, 2.24) is 0 Å². The van der Waals surface area contributed by atoms with Gasteiger partial charge in [-0.3, -0.25) is 5.32 Å². The van der Waals surface area contributed by atoms with Crippen LogP contribution in [0.5, 0.6) is 5.75 Å². The summed E-state index contributed by atoms with van der Waals surface area (Å²) >= 11 is 5.74. The minimum atomic E-state index is -1.36. The number of rotatable bonds is 4. The molecule has 0 unspecified atom stereocenters. The predicted octanol–water partition coefficient (Wildman–Crippen LogP) is 3.49. The molecule has 0 spiro atoms. The number of amides is 1. The summed E-state index contributed by atoms with van der Waals surface area (Å²) in [5.74, 6) is -1.80. The SMILES string of the molecule is O=C(Nc1cccc(O)c1C(=O)O)OCc1ccc(Cl)cc1. The first-order valence-corrected chi connectivity index (χ1v) is 6.58. The Labute approximate surface area is 130 Å². The van der Waals surface area contributed by atoms with Crippen LogP contribution in [-0.2, 0) is 11.3 Å². The Hall–Kier alpha value is -2.73. The van der Waals surface area contributed by atoms with Crippen LogP contribution in [0.15, 0.2) is 42.5 Å². The lowest BCUT2D eigenvalue weighted by Gasteiger charge is -2.10. The number of carboxylic acids is 1. The molecule has 6 nitrogen and oxygen atoms in total. The van der Waals surface area contributed by atoms with Crippen LogP contribution < -0.4 is 5.32 Å². The molecular formula is C15H12ClNO5. The number of carbonyl (C=O) groups excluding carboxylic acids is 1. The van der Waals surface area contributed by atoms with Crippen molar-refractivity contribution in [3.8, 4) is 5.75 Å². The Balaban J connectivity index is 2.02. The number of aromatic hydroxyl groups is 1. The van der Waals surface area contributed by atoms with Gasteiger partial charge in [0.25, 0.3) is 0 Å². The fraction of sp³-hybridized carbons (Fsp3) is 0.0667. The maximum Gasteiger partial charge on any atom is 0.411 e. The fourth-order valence-electron chi connectivity index (χ4n) is 1.74. The zero-order chi connectivity index (χ0) is 16.1. The molecule has 2 aromatic rings. The van der Waals surface area contributed by atoms with Crippen molar-refractivity contribution in [2.45, 2.75) is 6.61 Å². The molecule has 0 saturated heterocycles. The summed E-state index contributed by atoms with van der Waals surface area (Å²) in [6, 6.07) is 10.7. The second kappa shape index (κ2) is 6.82. The van der Waals surface area contributed by atoms with Gasteiger partial charge in [-0.1, -0.05) is 29.8 Å². The van der Waals surface area contributed by atoms with E-state index in [0.29, 0.717) is 5.02 Å². The molecule has 0 radical (unpaired) electrons. The standard InChI is InChI=1S/C15H12ClNO5/c16-10-6-4-9(5-7-10)8-22-15(21)17-11-2-1-3-12(18)13(11)14(19)20/h1-7,18H,8H2,(H,17,21)(H,19,20). The van der Waals surface area contributed by atoms with E-state index < -0.39 is 23.4 Å². The molecule has 1 amide bonds. The van der Waals surface area contributed by atoms with E-state index in [9.17, 15) is 14.7 Å². The fourth-order valence-corrected chi connectivity index (χ4v) is 1.87. The van der Waals surface area contributed by atoms with Crippen LogP contribution in [-0.4, -0.2) is 22.3 Å². The quantitative estimate of drug-likeness (QED) is 0.801. The van der Waals surface area contributed by atoms with Gasteiger partial charge in [-0.15, -0.1) is 0 Å². The summed E-state index contributed by atoms with van der Waals surface area (Å²) in [4.78, 5) is 22.8. The van der Waals surface area contributed by atoms with Gasteiger partial charge in [-0.05, 0) is 29.8 Å². The molecule has 0 aliphatic rings. The molecule has 7 heteroatoms. The highest BCUT2D eigenvalue weighted by atomic mass is 35.5. The highest BCUT2D eigenvalue weighted by Crippen LogP contribution is 2.25. The van der Waals surface area contributed by atoms with Crippen LogP contribution in [0.25, 0.3) is 0 Å². The third kappa shape index (κ3) is 3.89. The average molecular weight is 322 g/mol. The lowest BCUT2D eigenvalue weighted by atomic mass is 10.1. The van der Waals surface area contributed by atoms with E-state index in [2.05, 4.69) is 5.32 Å². The number of nitrogens with one attached hydrogen (secondary N) is 1. The van der Waals surface area contributed by atoms with Crippen molar-refractivity contribution in [2.75, 3.05) is 5.32 Å². The summed E-state index contributed by atoms with van der Waals surface area (Å²) < 4.78 is 4.98. The van der Waals surface area contributed by atoms with Gasteiger partial charge in [0.2, 0.25) is 0 Å². The van der Waals surface area contributed by atoms with Crippen LogP contribution in [0, 0.1) is 0 Å². The first-order chi connectivity index (χ1) is 10.5. The van der Waals surface area contributed by atoms with Crippen LogP contribution in [0.1, 0.15) is 15.9 Å². The molecule has 2 rings (SSSR count). The van der Waals surface area contributed by atoms with E-state index in [1.165, 1.54) is 18.2 Å². The lowest BCUT2D eigenvalue weighted by Crippen LogP contribution is -2.16. The van der Waals surface area contributed by atoms with Gasteiger partial charge in [0.05, 0.1) is 5.69 Å². The van der Waals surface area contributed by atoms with Gasteiger partial charge in [0, 0.05) is 5.02 Å². The van der Waals surface area contributed by atoms with Crippen molar-refractivity contribution < 1.29 is 24.5 Å². The lowest BCUT2D eigenvalue weighted by molar-refractivity contribution is 0.0695. The normalized spacial score (nSPS) is 10.0. The van der Waals surface area contributed by atoms with Gasteiger partial charge in [0.15, 0.2) is 0 Å². The molecule has 2 aromatic carbocycles. The number of phenols is 1. The molecule has 0 aromatic heterocycles. The smallest absolute Gasteiger partial charge is 0.411 e. The number of hydrogen-bond donors (Lipinski definition) is 3. The largest absolute Gasteiger partial charge is 0.507 e. The van der Waals surface area contributed by atoms with E-state index in [1.807, 2.05) is 0 Å². The van der Waals surface area contributed by atoms with E-state index in [-0.39, 0.29) is 12.3 Å². The monoisotopic (exact) mass is 321 g/mol. The topological polar surface area (TPSA) is 95.9 Å². The van der Waals surface area contributed by atoms with Crippen LogP contribution in [0.4, 0.5) is 10.5 Å². The maximum atomic E-state index is 11.7. The molecule has 0 atom stereocenters. The number of benzene rings is 2. The van der Waals surface area contributed by atoms with Crippen molar-refractivity contribution in [3.05, 3.63) is 58.6 Å². The zero-order valence-corrected chi connectivity index (χ0v) is 12.0. The summed E-state index contributed by atoms with van der Waals surface area (Å²) in [6.45, 7) is 0.00419. The molecule has 0 aliphatic carbocycles. The maximum absolute atomic E-state index is 11.7. The molecule has 0 bridgehead atoms. The summed E-state index contributed by atoms with van der Waals surface area (Å²) in [7, 11) is 0. The molecule has 0 fully saturated rings. The van der Waals surface area contributed by atoms with Gasteiger partial charge in [-0.25, -0.2) is 9.59 Å². The number of carboxylic acid groups (broad SMARTS) is 1. The number of halogens is 1. The third-order valence-corrected chi connectivity index (χ3v) is 3.03. The number of ether oxygens (including phenoxy) is 1.